The van der Waals surface area contributed by atoms with Gasteiger partial charge in [-0.1, -0.05) is 41.4 Å². The van der Waals surface area contributed by atoms with Gasteiger partial charge < -0.3 is 19.4 Å². The Balaban J connectivity index is 1.88. The van der Waals surface area contributed by atoms with Gasteiger partial charge in [0.2, 0.25) is 0 Å². The molecule has 0 aliphatic heterocycles. The summed E-state index contributed by atoms with van der Waals surface area (Å²) in [6.07, 6.45) is 1.48. The van der Waals surface area contributed by atoms with Gasteiger partial charge in [0.05, 0.1) is 37.0 Å². The molecule has 1 aromatic heterocycles. The Bertz CT molecular complexity index is 1110. The second-order valence-corrected chi connectivity index (χ2v) is 6.93. The van der Waals surface area contributed by atoms with Crippen LogP contribution in [0, 0.1) is 0 Å². The van der Waals surface area contributed by atoms with Gasteiger partial charge in [-0.15, -0.1) is 0 Å². The van der Waals surface area contributed by atoms with E-state index >= 15 is 0 Å². The summed E-state index contributed by atoms with van der Waals surface area (Å²) in [5.74, 6) is 0.399. The monoisotopic (exact) mass is 432 g/mol. The summed E-state index contributed by atoms with van der Waals surface area (Å²) in [5, 5.41) is 3.62. The van der Waals surface area contributed by atoms with Gasteiger partial charge in [0.25, 0.3) is 11.5 Å². The van der Waals surface area contributed by atoms with Crippen LogP contribution in [0.5, 0.6) is 11.5 Å². The van der Waals surface area contributed by atoms with Crippen LogP contribution in [0.3, 0.4) is 0 Å². The van der Waals surface area contributed by atoms with Gasteiger partial charge in [-0.2, -0.15) is 0 Å². The number of halogens is 2. The molecule has 0 saturated heterocycles. The molecule has 1 N–H and O–H groups in total. The van der Waals surface area contributed by atoms with Crippen molar-refractivity contribution in [2.75, 3.05) is 19.5 Å². The average Bonchev–Trinajstić information content (AvgIpc) is 2.71. The van der Waals surface area contributed by atoms with Gasteiger partial charge >= 0.3 is 0 Å². The van der Waals surface area contributed by atoms with Crippen molar-refractivity contribution in [1.29, 1.82) is 0 Å². The molecule has 0 aliphatic rings. The summed E-state index contributed by atoms with van der Waals surface area (Å²) >= 11 is 12.3. The van der Waals surface area contributed by atoms with Crippen LogP contribution in [0.2, 0.25) is 10.0 Å². The second kappa shape index (κ2) is 9.03. The van der Waals surface area contributed by atoms with E-state index in [4.69, 9.17) is 32.7 Å². The van der Waals surface area contributed by atoms with Gasteiger partial charge in [0.1, 0.15) is 11.5 Å². The molecule has 3 aromatic rings. The van der Waals surface area contributed by atoms with Crippen LogP contribution in [0.1, 0.15) is 15.9 Å². The lowest BCUT2D eigenvalue weighted by Crippen LogP contribution is -2.22. The fourth-order valence-electron chi connectivity index (χ4n) is 2.75. The summed E-state index contributed by atoms with van der Waals surface area (Å²) in [4.78, 5) is 25.0. The summed E-state index contributed by atoms with van der Waals surface area (Å²) < 4.78 is 11.9. The Labute approximate surface area is 177 Å². The molecule has 6 nitrogen and oxygen atoms in total. The Morgan fingerprint density at radius 1 is 1.00 bits per heavy atom. The van der Waals surface area contributed by atoms with Gasteiger partial charge in [-0.3, -0.25) is 9.59 Å². The molecule has 3 rings (SSSR count). The molecule has 0 saturated carbocycles. The van der Waals surface area contributed by atoms with Crippen LogP contribution in [0.25, 0.3) is 0 Å². The lowest BCUT2D eigenvalue weighted by molar-refractivity contribution is 0.102. The average molecular weight is 433 g/mol. The number of hydrogen-bond acceptors (Lipinski definition) is 4. The number of rotatable bonds is 6. The summed E-state index contributed by atoms with van der Waals surface area (Å²) in [7, 11) is 2.96. The van der Waals surface area contributed by atoms with Gasteiger partial charge in [0.15, 0.2) is 0 Å². The number of aromatic nitrogens is 1. The quantitative estimate of drug-likeness (QED) is 0.623. The maximum Gasteiger partial charge on any atom is 0.257 e. The molecule has 150 valence electrons. The number of methoxy groups -OCH3 is 2. The van der Waals surface area contributed by atoms with Crippen LogP contribution in [-0.4, -0.2) is 24.7 Å². The minimum Gasteiger partial charge on any atom is -0.495 e. The minimum absolute atomic E-state index is 0.244. The standard InChI is InChI=1S/C21H18Cl2N2O4/c1-28-18-10-19(29-2)17(9-16(18)23)24-21(27)14-7-8-20(26)25(12-14)11-13-5-3-4-6-15(13)22/h3-10,12H,11H2,1-2H3,(H,24,27). The lowest BCUT2D eigenvalue weighted by Gasteiger charge is -2.14. The molecule has 1 amide bonds. The summed E-state index contributed by atoms with van der Waals surface area (Å²) in [5.41, 5.74) is 1.21. The molecule has 0 unspecified atom stereocenters. The Morgan fingerprint density at radius 3 is 2.41 bits per heavy atom. The maximum absolute atomic E-state index is 12.7. The Hall–Kier alpha value is -2.96. The molecule has 0 atom stereocenters. The number of carbonyl (C=O) groups is 1. The SMILES string of the molecule is COc1cc(OC)c(NC(=O)c2ccc(=O)n(Cc3ccccc3Cl)c2)cc1Cl. The third-order valence-electron chi connectivity index (χ3n) is 4.27. The van der Waals surface area contributed by atoms with Crippen molar-refractivity contribution < 1.29 is 14.3 Å². The van der Waals surface area contributed by atoms with Crippen molar-refractivity contribution in [2.45, 2.75) is 6.54 Å². The zero-order valence-electron chi connectivity index (χ0n) is 15.7. The molecule has 0 fully saturated rings. The van der Waals surface area contributed by atoms with E-state index in [0.29, 0.717) is 32.8 Å². The van der Waals surface area contributed by atoms with E-state index in [1.807, 2.05) is 18.2 Å². The molecular formula is C21H18Cl2N2O4. The third-order valence-corrected chi connectivity index (χ3v) is 4.93. The highest BCUT2D eigenvalue weighted by Gasteiger charge is 2.15. The third kappa shape index (κ3) is 4.72. The number of pyridine rings is 1. The van der Waals surface area contributed by atoms with Gasteiger partial charge in [-0.05, 0) is 23.8 Å². The van der Waals surface area contributed by atoms with Crippen LogP contribution in [0.15, 0.2) is 59.5 Å². The molecule has 0 bridgehead atoms. The number of nitrogens with one attached hydrogen (secondary N) is 1. The van der Waals surface area contributed by atoms with Gasteiger partial charge in [0, 0.05) is 23.4 Å². The molecule has 1 heterocycles. The van der Waals surface area contributed by atoms with Crippen molar-refractivity contribution in [3.05, 3.63) is 86.3 Å². The van der Waals surface area contributed by atoms with Crippen LogP contribution in [-0.2, 0) is 6.54 Å². The first-order valence-electron chi connectivity index (χ1n) is 8.59. The van der Waals surface area contributed by atoms with E-state index in [1.54, 1.807) is 12.1 Å². The van der Waals surface area contributed by atoms with Crippen LogP contribution >= 0.6 is 23.2 Å². The van der Waals surface area contributed by atoms with E-state index in [2.05, 4.69) is 5.32 Å². The largest absolute Gasteiger partial charge is 0.495 e. The van der Waals surface area contributed by atoms with Crippen LogP contribution < -0.4 is 20.3 Å². The smallest absolute Gasteiger partial charge is 0.257 e. The Kier molecular flexibility index (Phi) is 6.46. The molecule has 2 aromatic carbocycles. The predicted octanol–water partition coefficient (Wildman–Crippen LogP) is 4.47. The summed E-state index contributed by atoms with van der Waals surface area (Å²) in [6.45, 7) is 0.247. The summed E-state index contributed by atoms with van der Waals surface area (Å²) in [6, 6.07) is 13.1. The first-order valence-corrected chi connectivity index (χ1v) is 9.35. The second-order valence-electron chi connectivity index (χ2n) is 6.12. The highest BCUT2D eigenvalue weighted by molar-refractivity contribution is 6.32. The number of carbonyl (C=O) groups excluding carboxylic acids is 1. The number of anilines is 1. The van der Waals surface area contributed by atoms with E-state index in [-0.39, 0.29) is 12.1 Å². The normalized spacial score (nSPS) is 10.5. The highest BCUT2D eigenvalue weighted by Crippen LogP contribution is 2.36. The molecule has 0 spiro atoms. The fourth-order valence-corrected chi connectivity index (χ4v) is 3.19. The Morgan fingerprint density at radius 2 is 1.72 bits per heavy atom. The molecule has 0 aliphatic carbocycles. The number of ether oxygens (including phenoxy) is 2. The van der Waals surface area contributed by atoms with Crippen molar-refractivity contribution in [3.63, 3.8) is 0 Å². The number of nitrogens with zero attached hydrogens (tertiary/aromatic N) is 1. The number of hydrogen-bond donors (Lipinski definition) is 1. The van der Waals surface area contributed by atoms with E-state index in [1.165, 1.54) is 43.2 Å². The van der Waals surface area contributed by atoms with Crippen LogP contribution in [0.4, 0.5) is 5.69 Å². The van der Waals surface area contributed by atoms with Crippen molar-refractivity contribution in [1.82, 2.24) is 4.57 Å². The first-order chi connectivity index (χ1) is 13.9. The van der Waals surface area contributed by atoms with Crippen molar-refractivity contribution in [2.24, 2.45) is 0 Å². The molecular weight excluding hydrogens is 415 g/mol. The predicted molar refractivity (Wildman–Crippen MR) is 114 cm³/mol. The molecule has 29 heavy (non-hydrogen) atoms. The topological polar surface area (TPSA) is 69.6 Å². The van der Waals surface area contributed by atoms with E-state index in [9.17, 15) is 9.59 Å². The van der Waals surface area contributed by atoms with E-state index in [0.717, 1.165) is 5.56 Å². The molecule has 0 radical (unpaired) electrons. The molecule has 8 heteroatoms. The van der Waals surface area contributed by atoms with Crippen molar-refractivity contribution >= 4 is 34.8 Å². The number of amides is 1. The zero-order chi connectivity index (χ0) is 21.0. The zero-order valence-corrected chi connectivity index (χ0v) is 17.3. The maximum atomic E-state index is 12.7. The number of benzene rings is 2. The fraction of sp³-hybridized carbons (Fsp3) is 0.143. The minimum atomic E-state index is -0.419. The van der Waals surface area contributed by atoms with E-state index < -0.39 is 5.91 Å². The first kappa shape index (κ1) is 20.8. The van der Waals surface area contributed by atoms with Crippen molar-refractivity contribution in [3.8, 4) is 11.5 Å². The lowest BCUT2D eigenvalue weighted by atomic mass is 10.2. The highest BCUT2D eigenvalue weighted by atomic mass is 35.5. The van der Waals surface area contributed by atoms with Gasteiger partial charge in [-0.25, -0.2) is 0 Å².